The van der Waals surface area contributed by atoms with Crippen molar-refractivity contribution in [3.63, 3.8) is 0 Å². The number of benzene rings is 1. The van der Waals surface area contributed by atoms with Crippen LogP contribution >= 0.6 is 0 Å². The average Bonchev–Trinajstić information content (AvgIpc) is 3.04. The standard InChI is InChI=1S/C21H27F2N3O3/c1-21(2,3)26-12-13(10-18(26)27)20(29)25-8-6-15(7-9-25)24-19(28)16-5-4-14(22)11-17(16)23/h4-5,11,13,15H,6-10,12H2,1-3H3,(H,24,28). The molecule has 1 aromatic carbocycles. The molecule has 2 aliphatic rings. The summed E-state index contributed by atoms with van der Waals surface area (Å²) < 4.78 is 26.8. The van der Waals surface area contributed by atoms with Crippen molar-refractivity contribution in [3.05, 3.63) is 35.4 Å². The molecular weight excluding hydrogens is 380 g/mol. The number of carbonyl (C=O) groups is 3. The zero-order chi connectivity index (χ0) is 21.3. The van der Waals surface area contributed by atoms with Crippen LogP contribution in [0.25, 0.3) is 0 Å². The van der Waals surface area contributed by atoms with E-state index >= 15 is 0 Å². The van der Waals surface area contributed by atoms with Crippen LogP contribution in [0.5, 0.6) is 0 Å². The third kappa shape index (κ3) is 4.74. The molecule has 158 valence electrons. The molecule has 0 spiro atoms. The molecule has 0 aliphatic carbocycles. The van der Waals surface area contributed by atoms with Gasteiger partial charge in [-0.25, -0.2) is 8.78 Å². The fourth-order valence-electron chi connectivity index (χ4n) is 3.96. The Morgan fingerprint density at radius 3 is 2.34 bits per heavy atom. The van der Waals surface area contributed by atoms with Gasteiger partial charge in [0, 0.05) is 43.7 Å². The molecule has 1 atom stereocenters. The quantitative estimate of drug-likeness (QED) is 0.836. The van der Waals surface area contributed by atoms with E-state index in [4.69, 9.17) is 0 Å². The summed E-state index contributed by atoms with van der Waals surface area (Å²) >= 11 is 0. The Morgan fingerprint density at radius 2 is 1.79 bits per heavy atom. The Balaban J connectivity index is 1.52. The van der Waals surface area contributed by atoms with Crippen molar-refractivity contribution in [2.75, 3.05) is 19.6 Å². The first-order valence-corrected chi connectivity index (χ1v) is 9.91. The van der Waals surface area contributed by atoms with Crippen LogP contribution in [0.4, 0.5) is 8.78 Å². The lowest BCUT2D eigenvalue weighted by molar-refractivity contribution is -0.136. The SMILES string of the molecule is CC(C)(C)N1CC(C(=O)N2CCC(NC(=O)c3ccc(F)cc3F)CC2)CC1=O. The molecule has 1 N–H and O–H groups in total. The van der Waals surface area contributed by atoms with Crippen molar-refractivity contribution in [2.45, 2.75) is 51.6 Å². The zero-order valence-corrected chi connectivity index (χ0v) is 17.0. The molecule has 3 rings (SSSR count). The third-order valence-electron chi connectivity index (χ3n) is 5.60. The normalized spacial score (nSPS) is 20.9. The summed E-state index contributed by atoms with van der Waals surface area (Å²) in [6, 6.07) is 2.66. The maximum Gasteiger partial charge on any atom is 0.254 e. The van der Waals surface area contributed by atoms with Crippen molar-refractivity contribution < 1.29 is 23.2 Å². The molecule has 2 heterocycles. The summed E-state index contributed by atoms with van der Waals surface area (Å²) in [5.41, 5.74) is -0.504. The first kappa shape index (κ1) is 21.2. The van der Waals surface area contributed by atoms with Crippen LogP contribution in [-0.2, 0) is 9.59 Å². The largest absolute Gasteiger partial charge is 0.349 e. The Bertz CT molecular complexity index is 814. The van der Waals surface area contributed by atoms with Gasteiger partial charge in [-0.05, 0) is 45.7 Å². The van der Waals surface area contributed by atoms with Gasteiger partial charge in [0.2, 0.25) is 11.8 Å². The average molecular weight is 407 g/mol. The lowest BCUT2D eigenvalue weighted by Gasteiger charge is -2.35. The molecule has 2 aliphatic heterocycles. The topological polar surface area (TPSA) is 69.7 Å². The molecule has 29 heavy (non-hydrogen) atoms. The van der Waals surface area contributed by atoms with E-state index in [-0.39, 0.29) is 41.3 Å². The summed E-state index contributed by atoms with van der Waals surface area (Å²) in [4.78, 5) is 40.8. The van der Waals surface area contributed by atoms with Gasteiger partial charge in [-0.3, -0.25) is 14.4 Å². The molecule has 3 amide bonds. The van der Waals surface area contributed by atoms with Gasteiger partial charge in [-0.15, -0.1) is 0 Å². The van der Waals surface area contributed by atoms with Crippen molar-refractivity contribution in [1.29, 1.82) is 0 Å². The van der Waals surface area contributed by atoms with E-state index in [0.717, 1.165) is 12.1 Å². The smallest absolute Gasteiger partial charge is 0.254 e. The molecule has 8 heteroatoms. The second-order valence-electron chi connectivity index (χ2n) is 8.77. The van der Waals surface area contributed by atoms with Gasteiger partial charge < -0.3 is 15.1 Å². The Morgan fingerprint density at radius 1 is 1.14 bits per heavy atom. The number of amides is 3. The second kappa shape index (κ2) is 8.08. The minimum atomic E-state index is -0.899. The fourth-order valence-corrected chi connectivity index (χ4v) is 3.96. The first-order chi connectivity index (χ1) is 13.6. The summed E-state index contributed by atoms with van der Waals surface area (Å²) in [5.74, 6) is -2.58. The van der Waals surface area contributed by atoms with Crippen molar-refractivity contribution >= 4 is 17.7 Å². The van der Waals surface area contributed by atoms with E-state index < -0.39 is 17.5 Å². The maximum atomic E-state index is 13.8. The van der Waals surface area contributed by atoms with Gasteiger partial charge in [0.1, 0.15) is 11.6 Å². The molecule has 0 bridgehead atoms. The first-order valence-electron chi connectivity index (χ1n) is 9.91. The predicted molar refractivity (Wildman–Crippen MR) is 103 cm³/mol. The monoisotopic (exact) mass is 407 g/mol. The van der Waals surface area contributed by atoms with Crippen molar-refractivity contribution in [1.82, 2.24) is 15.1 Å². The van der Waals surface area contributed by atoms with Crippen LogP contribution in [0.2, 0.25) is 0 Å². The molecule has 6 nitrogen and oxygen atoms in total. The summed E-state index contributed by atoms with van der Waals surface area (Å²) in [7, 11) is 0. The number of nitrogens with one attached hydrogen (secondary N) is 1. The molecule has 0 radical (unpaired) electrons. The molecule has 0 saturated carbocycles. The third-order valence-corrected chi connectivity index (χ3v) is 5.60. The van der Waals surface area contributed by atoms with Crippen LogP contribution in [0, 0.1) is 17.6 Å². The van der Waals surface area contributed by atoms with Crippen molar-refractivity contribution in [2.24, 2.45) is 5.92 Å². The number of piperidine rings is 1. The number of rotatable bonds is 3. The van der Waals surface area contributed by atoms with Crippen LogP contribution in [0.1, 0.15) is 50.4 Å². The lowest BCUT2D eigenvalue weighted by Crippen LogP contribution is -2.49. The predicted octanol–water partition coefficient (Wildman–Crippen LogP) is 2.33. The lowest BCUT2D eigenvalue weighted by atomic mass is 10.0. The van der Waals surface area contributed by atoms with Gasteiger partial charge in [0.05, 0.1) is 11.5 Å². The minimum Gasteiger partial charge on any atom is -0.349 e. The number of nitrogens with zero attached hydrogens (tertiary/aromatic N) is 2. The van der Waals surface area contributed by atoms with Gasteiger partial charge in [0.25, 0.3) is 5.91 Å². The van der Waals surface area contributed by atoms with E-state index in [1.807, 2.05) is 20.8 Å². The van der Waals surface area contributed by atoms with E-state index in [9.17, 15) is 23.2 Å². The van der Waals surface area contributed by atoms with E-state index in [2.05, 4.69) is 5.32 Å². The number of hydrogen-bond donors (Lipinski definition) is 1. The Hall–Kier alpha value is -2.51. The molecule has 0 aromatic heterocycles. The van der Waals surface area contributed by atoms with Crippen LogP contribution < -0.4 is 5.32 Å². The molecule has 1 aromatic rings. The van der Waals surface area contributed by atoms with E-state index in [1.165, 1.54) is 0 Å². The second-order valence-corrected chi connectivity index (χ2v) is 8.77. The highest BCUT2D eigenvalue weighted by molar-refractivity contribution is 5.94. The minimum absolute atomic E-state index is 0.000626. The zero-order valence-electron chi connectivity index (χ0n) is 17.0. The maximum absolute atomic E-state index is 13.8. The number of carbonyl (C=O) groups excluding carboxylic acids is 3. The number of halogens is 2. The summed E-state index contributed by atoms with van der Waals surface area (Å²) in [6.45, 7) is 7.23. The van der Waals surface area contributed by atoms with Gasteiger partial charge >= 0.3 is 0 Å². The van der Waals surface area contributed by atoms with E-state index in [1.54, 1.807) is 9.80 Å². The Labute approximate surface area is 169 Å². The number of likely N-dealkylation sites (tertiary alicyclic amines) is 2. The van der Waals surface area contributed by atoms with Crippen molar-refractivity contribution in [3.8, 4) is 0 Å². The molecule has 1 unspecified atom stereocenters. The highest BCUT2D eigenvalue weighted by atomic mass is 19.1. The molecule has 2 fully saturated rings. The van der Waals surface area contributed by atoms with Gasteiger partial charge in [-0.1, -0.05) is 0 Å². The van der Waals surface area contributed by atoms with Crippen LogP contribution in [0.15, 0.2) is 18.2 Å². The molecule has 2 saturated heterocycles. The molecular formula is C21H27F2N3O3. The summed E-state index contributed by atoms with van der Waals surface area (Å²) in [6.07, 6.45) is 1.32. The van der Waals surface area contributed by atoms with Gasteiger partial charge in [0.15, 0.2) is 0 Å². The van der Waals surface area contributed by atoms with Crippen LogP contribution in [0.3, 0.4) is 0 Å². The van der Waals surface area contributed by atoms with E-state index in [0.29, 0.717) is 38.5 Å². The highest BCUT2D eigenvalue weighted by Crippen LogP contribution is 2.28. The Kier molecular flexibility index (Phi) is 5.91. The fraction of sp³-hybridized carbons (Fsp3) is 0.571. The van der Waals surface area contributed by atoms with Gasteiger partial charge in [-0.2, -0.15) is 0 Å². The van der Waals surface area contributed by atoms with Crippen LogP contribution in [-0.4, -0.2) is 58.7 Å². The number of hydrogen-bond acceptors (Lipinski definition) is 3. The highest BCUT2D eigenvalue weighted by Gasteiger charge is 2.41. The summed E-state index contributed by atoms with van der Waals surface area (Å²) in [5, 5.41) is 2.76.